The summed E-state index contributed by atoms with van der Waals surface area (Å²) in [5, 5.41) is 11.8. The average molecular weight is 272 g/mol. The molecule has 2 aromatic rings. The first-order chi connectivity index (χ1) is 9.76. The molecule has 4 heteroatoms. The van der Waals surface area contributed by atoms with Gasteiger partial charge in [0.15, 0.2) is 0 Å². The van der Waals surface area contributed by atoms with Crippen molar-refractivity contribution in [3.05, 3.63) is 30.5 Å². The van der Waals surface area contributed by atoms with Gasteiger partial charge in [0.05, 0.1) is 19.8 Å². The Bertz CT molecular complexity index is 614. The van der Waals surface area contributed by atoms with Gasteiger partial charge in [-0.15, -0.1) is 0 Å². The quantitative estimate of drug-likeness (QED) is 0.932. The number of aromatic nitrogens is 1. The van der Waals surface area contributed by atoms with Gasteiger partial charge >= 0.3 is 0 Å². The molecule has 2 heterocycles. The number of nitrogens with zero attached hydrogens (tertiary/aromatic N) is 2. The molecule has 0 saturated carbocycles. The maximum atomic E-state index is 9.65. The molecule has 3 rings (SSSR count). The first kappa shape index (κ1) is 13.2. The lowest BCUT2D eigenvalue weighted by Crippen LogP contribution is -2.35. The van der Waals surface area contributed by atoms with E-state index in [2.05, 4.69) is 22.9 Å². The number of hydrogen-bond acceptors (Lipinski definition) is 4. The molecule has 1 aliphatic heterocycles. The van der Waals surface area contributed by atoms with Gasteiger partial charge in [0.25, 0.3) is 0 Å². The molecule has 0 amide bonds. The van der Waals surface area contributed by atoms with Crippen LogP contribution in [0.3, 0.4) is 0 Å². The Morgan fingerprint density at radius 2 is 2.20 bits per heavy atom. The van der Waals surface area contributed by atoms with E-state index in [1.165, 1.54) is 0 Å². The minimum absolute atomic E-state index is 0.152. The minimum Gasteiger partial charge on any atom is -0.496 e. The van der Waals surface area contributed by atoms with Crippen LogP contribution < -0.4 is 9.64 Å². The SMILES string of the molecule is COc1cccc2c(N3CCC(C)C3CO)nccc12. The van der Waals surface area contributed by atoms with Gasteiger partial charge in [0.2, 0.25) is 0 Å². The fourth-order valence-corrected chi connectivity index (χ4v) is 3.12. The monoisotopic (exact) mass is 272 g/mol. The Morgan fingerprint density at radius 3 is 2.95 bits per heavy atom. The summed E-state index contributed by atoms with van der Waals surface area (Å²) in [6.45, 7) is 3.30. The summed E-state index contributed by atoms with van der Waals surface area (Å²) >= 11 is 0. The summed E-state index contributed by atoms with van der Waals surface area (Å²) in [6, 6.07) is 8.14. The van der Waals surface area contributed by atoms with Crippen molar-refractivity contribution in [2.45, 2.75) is 19.4 Å². The van der Waals surface area contributed by atoms with Crippen molar-refractivity contribution in [1.29, 1.82) is 0 Å². The van der Waals surface area contributed by atoms with Gasteiger partial charge in [-0.25, -0.2) is 4.98 Å². The third-order valence-electron chi connectivity index (χ3n) is 4.31. The molecule has 2 unspecified atom stereocenters. The first-order valence-electron chi connectivity index (χ1n) is 7.05. The molecule has 1 aliphatic rings. The van der Waals surface area contributed by atoms with Crippen LogP contribution in [-0.2, 0) is 0 Å². The van der Waals surface area contributed by atoms with Crippen LogP contribution in [0, 0.1) is 5.92 Å². The molecule has 2 atom stereocenters. The van der Waals surface area contributed by atoms with E-state index in [0.717, 1.165) is 35.3 Å². The molecular formula is C16H20N2O2. The summed E-state index contributed by atoms with van der Waals surface area (Å²) in [4.78, 5) is 6.78. The predicted molar refractivity (Wildman–Crippen MR) is 80.3 cm³/mol. The summed E-state index contributed by atoms with van der Waals surface area (Å²) in [7, 11) is 1.68. The Kier molecular flexibility index (Phi) is 3.49. The molecule has 1 fully saturated rings. The van der Waals surface area contributed by atoms with Crippen molar-refractivity contribution in [1.82, 2.24) is 4.98 Å². The van der Waals surface area contributed by atoms with Crippen LogP contribution in [-0.4, -0.2) is 36.4 Å². The summed E-state index contributed by atoms with van der Waals surface area (Å²) in [5.41, 5.74) is 0. The van der Waals surface area contributed by atoms with Crippen molar-refractivity contribution in [2.24, 2.45) is 5.92 Å². The number of ether oxygens (including phenoxy) is 1. The number of aliphatic hydroxyl groups is 1. The highest BCUT2D eigenvalue weighted by atomic mass is 16.5. The Labute approximate surface area is 119 Å². The topological polar surface area (TPSA) is 45.6 Å². The van der Waals surface area contributed by atoms with E-state index in [1.54, 1.807) is 7.11 Å². The predicted octanol–water partition coefficient (Wildman–Crippen LogP) is 2.45. The maximum absolute atomic E-state index is 9.65. The van der Waals surface area contributed by atoms with Gasteiger partial charge in [-0.05, 0) is 24.5 Å². The van der Waals surface area contributed by atoms with Gasteiger partial charge in [0.1, 0.15) is 11.6 Å². The molecule has 0 aliphatic carbocycles. The Morgan fingerprint density at radius 1 is 1.35 bits per heavy atom. The van der Waals surface area contributed by atoms with Crippen LogP contribution in [0.15, 0.2) is 30.5 Å². The average Bonchev–Trinajstić information content (AvgIpc) is 2.86. The zero-order valence-corrected chi connectivity index (χ0v) is 11.9. The second-order valence-electron chi connectivity index (χ2n) is 5.40. The lowest BCUT2D eigenvalue weighted by molar-refractivity contribution is 0.244. The minimum atomic E-state index is 0.152. The highest BCUT2D eigenvalue weighted by Crippen LogP contribution is 2.35. The van der Waals surface area contributed by atoms with Crippen LogP contribution in [0.2, 0.25) is 0 Å². The molecule has 106 valence electrons. The lowest BCUT2D eigenvalue weighted by atomic mass is 10.0. The van der Waals surface area contributed by atoms with Gasteiger partial charge in [-0.2, -0.15) is 0 Å². The molecular weight excluding hydrogens is 252 g/mol. The van der Waals surface area contributed by atoms with Crippen molar-refractivity contribution < 1.29 is 9.84 Å². The number of anilines is 1. The second kappa shape index (κ2) is 5.29. The van der Waals surface area contributed by atoms with E-state index >= 15 is 0 Å². The number of pyridine rings is 1. The van der Waals surface area contributed by atoms with Crippen molar-refractivity contribution >= 4 is 16.6 Å². The number of aliphatic hydroxyl groups excluding tert-OH is 1. The molecule has 1 aromatic carbocycles. The maximum Gasteiger partial charge on any atom is 0.136 e. The Hall–Kier alpha value is -1.81. The van der Waals surface area contributed by atoms with Crippen molar-refractivity contribution in [3.63, 3.8) is 0 Å². The fourth-order valence-electron chi connectivity index (χ4n) is 3.12. The van der Waals surface area contributed by atoms with Crippen LogP contribution in [0.1, 0.15) is 13.3 Å². The number of fused-ring (bicyclic) bond motifs is 1. The zero-order valence-electron chi connectivity index (χ0n) is 11.9. The highest BCUT2D eigenvalue weighted by molar-refractivity contribution is 5.96. The molecule has 4 nitrogen and oxygen atoms in total. The van der Waals surface area contributed by atoms with E-state index in [9.17, 15) is 5.11 Å². The van der Waals surface area contributed by atoms with Crippen molar-refractivity contribution in [3.8, 4) is 5.75 Å². The van der Waals surface area contributed by atoms with E-state index in [-0.39, 0.29) is 12.6 Å². The van der Waals surface area contributed by atoms with E-state index in [4.69, 9.17) is 4.74 Å². The summed E-state index contributed by atoms with van der Waals surface area (Å²) in [5.74, 6) is 2.30. The van der Waals surface area contributed by atoms with Crippen LogP contribution in [0.25, 0.3) is 10.8 Å². The van der Waals surface area contributed by atoms with Crippen LogP contribution in [0.5, 0.6) is 5.75 Å². The standard InChI is InChI=1S/C16H20N2O2/c1-11-7-9-18(14(11)10-19)16-13-4-3-5-15(20-2)12(13)6-8-17-16/h3-6,8,11,14,19H,7,9-10H2,1-2H3. The number of methoxy groups -OCH3 is 1. The van der Waals surface area contributed by atoms with E-state index in [1.807, 2.05) is 24.4 Å². The summed E-state index contributed by atoms with van der Waals surface area (Å²) in [6.07, 6.45) is 2.91. The number of benzene rings is 1. The molecule has 0 spiro atoms. The molecule has 1 N–H and O–H groups in total. The molecule has 1 aromatic heterocycles. The third kappa shape index (κ3) is 2.00. The summed E-state index contributed by atoms with van der Waals surface area (Å²) < 4.78 is 5.42. The van der Waals surface area contributed by atoms with Crippen molar-refractivity contribution in [2.75, 3.05) is 25.2 Å². The molecule has 0 radical (unpaired) electrons. The molecule has 1 saturated heterocycles. The number of rotatable bonds is 3. The van der Waals surface area contributed by atoms with Crippen LogP contribution in [0.4, 0.5) is 5.82 Å². The number of hydrogen-bond donors (Lipinski definition) is 1. The molecule has 20 heavy (non-hydrogen) atoms. The normalized spacial score (nSPS) is 22.4. The lowest BCUT2D eigenvalue weighted by Gasteiger charge is -2.27. The van der Waals surface area contributed by atoms with Gasteiger partial charge < -0.3 is 14.7 Å². The fraction of sp³-hybridized carbons (Fsp3) is 0.438. The van der Waals surface area contributed by atoms with Gasteiger partial charge in [0, 0.05) is 23.5 Å². The largest absolute Gasteiger partial charge is 0.496 e. The van der Waals surface area contributed by atoms with Crippen LogP contribution >= 0.6 is 0 Å². The van der Waals surface area contributed by atoms with Gasteiger partial charge in [-0.1, -0.05) is 19.1 Å². The third-order valence-corrected chi connectivity index (χ3v) is 4.31. The van der Waals surface area contributed by atoms with E-state index in [0.29, 0.717) is 5.92 Å². The first-order valence-corrected chi connectivity index (χ1v) is 7.05. The molecule has 0 bridgehead atoms. The smallest absolute Gasteiger partial charge is 0.136 e. The highest BCUT2D eigenvalue weighted by Gasteiger charge is 2.32. The Balaban J connectivity index is 2.12. The van der Waals surface area contributed by atoms with E-state index < -0.39 is 0 Å². The second-order valence-corrected chi connectivity index (χ2v) is 5.40. The zero-order chi connectivity index (χ0) is 14.1. The van der Waals surface area contributed by atoms with Gasteiger partial charge in [-0.3, -0.25) is 0 Å².